The van der Waals surface area contributed by atoms with Gasteiger partial charge in [0, 0.05) is 12.1 Å². The maximum absolute atomic E-state index is 11.9. The molecular weight excluding hydrogens is 286 g/mol. The predicted octanol–water partition coefficient (Wildman–Crippen LogP) is 1.46. The topological polar surface area (TPSA) is 115 Å². The molecule has 0 aliphatic rings. The van der Waals surface area contributed by atoms with Gasteiger partial charge in [-0.05, 0) is 24.8 Å². The number of amides is 2. The Morgan fingerprint density at radius 2 is 2.18 bits per heavy atom. The summed E-state index contributed by atoms with van der Waals surface area (Å²) in [5.41, 5.74) is 5.68. The highest BCUT2D eigenvalue weighted by Gasteiger charge is 2.18. The number of primary amides is 1. The number of rotatable bonds is 9. The highest BCUT2D eigenvalue weighted by Crippen LogP contribution is 2.13. The zero-order valence-corrected chi connectivity index (χ0v) is 12.2. The number of nitrogens with zero attached hydrogens (tertiary/aromatic N) is 1. The molecule has 1 aromatic carbocycles. The smallest absolute Gasteiger partial charge is 0.269 e. The molecule has 0 aromatic heterocycles. The lowest BCUT2D eigenvalue weighted by Gasteiger charge is -2.15. The van der Waals surface area contributed by atoms with Crippen LogP contribution in [0.1, 0.15) is 24.8 Å². The van der Waals surface area contributed by atoms with Crippen molar-refractivity contribution in [2.45, 2.75) is 31.7 Å². The van der Waals surface area contributed by atoms with Crippen molar-refractivity contribution in [3.8, 4) is 0 Å². The number of hydrogen-bond acceptors (Lipinski definition) is 4. The van der Waals surface area contributed by atoms with E-state index in [1.807, 2.05) is 0 Å². The van der Waals surface area contributed by atoms with Crippen molar-refractivity contribution in [3.05, 3.63) is 52.6 Å². The van der Waals surface area contributed by atoms with E-state index in [-0.39, 0.29) is 12.1 Å². The van der Waals surface area contributed by atoms with E-state index in [1.165, 1.54) is 18.2 Å². The lowest BCUT2D eigenvalue weighted by Crippen LogP contribution is -2.44. The number of benzene rings is 1. The number of nitrogens with one attached hydrogen (secondary N) is 1. The third kappa shape index (κ3) is 5.74. The van der Waals surface area contributed by atoms with Crippen molar-refractivity contribution >= 4 is 17.5 Å². The van der Waals surface area contributed by atoms with Crippen LogP contribution in [0.25, 0.3) is 0 Å². The molecule has 3 N–H and O–H groups in total. The molecule has 1 atom stereocenters. The first kappa shape index (κ1) is 17.4. The SMILES string of the molecule is C=CCCC[C@@H](NC(=O)Cc1cccc([N+](=O)[O-])c1)C(N)=O. The number of nitro groups is 1. The predicted molar refractivity (Wildman–Crippen MR) is 82.0 cm³/mol. The van der Waals surface area contributed by atoms with Crippen LogP contribution in [-0.4, -0.2) is 22.8 Å². The van der Waals surface area contributed by atoms with Crippen LogP contribution in [0, 0.1) is 10.1 Å². The van der Waals surface area contributed by atoms with Gasteiger partial charge in [-0.15, -0.1) is 6.58 Å². The van der Waals surface area contributed by atoms with Gasteiger partial charge in [0.15, 0.2) is 0 Å². The summed E-state index contributed by atoms with van der Waals surface area (Å²) >= 11 is 0. The van der Waals surface area contributed by atoms with Crippen LogP contribution in [-0.2, 0) is 16.0 Å². The Morgan fingerprint density at radius 3 is 2.77 bits per heavy atom. The number of hydrogen-bond donors (Lipinski definition) is 2. The van der Waals surface area contributed by atoms with Gasteiger partial charge in [-0.25, -0.2) is 0 Å². The minimum atomic E-state index is -0.744. The third-order valence-electron chi connectivity index (χ3n) is 3.07. The first-order valence-corrected chi connectivity index (χ1v) is 6.87. The van der Waals surface area contributed by atoms with E-state index in [0.717, 1.165) is 6.42 Å². The quantitative estimate of drug-likeness (QED) is 0.311. The molecule has 7 heteroatoms. The number of carbonyl (C=O) groups is 2. The van der Waals surface area contributed by atoms with E-state index in [1.54, 1.807) is 12.1 Å². The number of unbranched alkanes of at least 4 members (excludes halogenated alkanes) is 1. The summed E-state index contributed by atoms with van der Waals surface area (Å²) in [7, 11) is 0. The number of carbonyl (C=O) groups excluding carboxylic acids is 2. The molecule has 0 saturated heterocycles. The molecule has 118 valence electrons. The maximum atomic E-state index is 11.9. The number of nitrogens with two attached hydrogens (primary N) is 1. The Morgan fingerprint density at radius 1 is 1.45 bits per heavy atom. The summed E-state index contributed by atoms with van der Waals surface area (Å²) in [5, 5.41) is 13.2. The number of allylic oxidation sites excluding steroid dienone is 1. The minimum Gasteiger partial charge on any atom is -0.368 e. The van der Waals surface area contributed by atoms with Gasteiger partial charge in [-0.2, -0.15) is 0 Å². The van der Waals surface area contributed by atoms with Gasteiger partial charge >= 0.3 is 0 Å². The van der Waals surface area contributed by atoms with E-state index in [9.17, 15) is 19.7 Å². The molecular formula is C15H19N3O4. The molecule has 7 nitrogen and oxygen atoms in total. The number of nitro benzene ring substituents is 1. The summed E-state index contributed by atoms with van der Waals surface area (Å²) in [6.07, 6.45) is 3.52. The van der Waals surface area contributed by atoms with Crippen molar-refractivity contribution in [2.75, 3.05) is 0 Å². The van der Waals surface area contributed by atoms with Crippen LogP contribution >= 0.6 is 0 Å². The van der Waals surface area contributed by atoms with Crippen LogP contribution in [0.5, 0.6) is 0 Å². The Hall–Kier alpha value is -2.70. The van der Waals surface area contributed by atoms with E-state index < -0.39 is 22.8 Å². The van der Waals surface area contributed by atoms with Crippen molar-refractivity contribution in [2.24, 2.45) is 5.73 Å². The molecule has 2 amide bonds. The zero-order chi connectivity index (χ0) is 16.5. The lowest BCUT2D eigenvalue weighted by atomic mass is 10.1. The molecule has 0 aliphatic carbocycles. The monoisotopic (exact) mass is 305 g/mol. The Kier molecular flexibility index (Phi) is 6.75. The fraction of sp³-hybridized carbons (Fsp3) is 0.333. The molecule has 0 unspecified atom stereocenters. The van der Waals surface area contributed by atoms with E-state index in [0.29, 0.717) is 18.4 Å². The van der Waals surface area contributed by atoms with Gasteiger partial charge in [0.1, 0.15) is 6.04 Å². The largest absolute Gasteiger partial charge is 0.368 e. The average Bonchev–Trinajstić information content (AvgIpc) is 2.46. The van der Waals surface area contributed by atoms with Crippen LogP contribution in [0.2, 0.25) is 0 Å². The molecule has 0 saturated carbocycles. The molecule has 0 fully saturated rings. The van der Waals surface area contributed by atoms with Crippen molar-refractivity contribution < 1.29 is 14.5 Å². The highest BCUT2D eigenvalue weighted by atomic mass is 16.6. The van der Waals surface area contributed by atoms with Crippen LogP contribution in [0.3, 0.4) is 0 Å². The fourth-order valence-corrected chi connectivity index (χ4v) is 1.96. The standard InChI is InChI=1S/C15H19N3O4/c1-2-3-4-8-13(15(16)20)17-14(19)10-11-6-5-7-12(9-11)18(21)22/h2,5-7,9,13H,1,3-4,8,10H2,(H2,16,20)(H,17,19)/t13-/m1/s1. The molecule has 0 aliphatic heterocycles. The minimum absolute atomic E-state index is 0.0487. The molecule has 0 radical (unpaired) electrons. The van der Waals surface area contributed by atoms with E-state index >= 15 is 0 Å². The Balaban J connectivity index is 2.63. The van der Waals surface area contributed by atoms with Gasteiger partial charge in [-0.3, -0.25) is 19.7 Å². The van der Waals surface area contributed by atoms with Crippen LogP contribution < -0.4 is 11.1 Å². The second-order valence-corrected chi connectivity index (χ2v) is 4.85. The maximum Gasteiger partial charge on any atom is 0.269 e. The van der Waals surface area contributed by atoms with E-state index in [4.69, 9.17) is 5.73 Å². The molecule has 0 heterocycles. The normalized spacial score (nSPS) is 11.5. The Labute approximate surface area is 128 Å². The fourth-order valence-electron chi connectivity index (χ4n) is 1.96. The van der Waals surface area contributed by atoms with Crippen molar-refractivity contribution in [3.63, 3.8) is 0 Å². The van der Waals surface area contributed by atoms with Crippen molar-refractivity contribution in [1.29, 1.82) is 0 Å². The summed E-state index contributed by atoms with van der Waals surface area (Å²) in [6, 6.07) is 5.06. The van der Waals surface area contributed by atoms with Crippen LogP contribution in [0.15, 0.2) is 36.9 Å². The third-order valence-corrected chi connectivity index (χ3v) is 3.07. The highest BCUT2D eigenvalue weighted by molar-refractivity contribution is 5.87. The molecule has 1 rings (SSSR count). The number of non-ortho nitro benzene ring substituents is 1. The van der Waals surface area contributed by atoms with Gasteiger partial charge in [0.25, 0.3) is 5.69 Å². The molecule has 1 aromatic rings. The summed E-state index contributed by atoms with van der Waals surface area (Å²) in [4.78, 5) is 33.4. The first-order chi connectivity index (χ1) is 10.4. The average molecular weight is 305 g/mol. The van der Waals surface area contributed by atoms with Gasteiger partial charge in [-0.1, -0.05) is 18.2 Å². The second-order valence-electron chi connectivity index (χ2n) is 4.85. The molecule has 22 heavy (non-hydrogen) atoms. The first-order valence-electron chi connectivity index (χ1n) is 6.87. The van der Waals surface area contributed by atoms with Crippen LogP contribution in [0.4, 0.5) is 5.69 Å². The second kappa shape index (κ2) is 8.56. The van der Waals surface area contributed by atoms with Gasteiger partial charge in [0.2, 0.25) is 11.8 Å². The zero-order valence-electron chi connectivity index (χ0n) is 12.2. The summed E-state index contributed by atoms with van der Waals surface area (Å²) in [6.45, 7) is 3.58. The summed E-state index contributed by atoms with van der Waals surface area (Å²) in [5.74, 6) is -1.00. The molecule has 0 bridgehead atoms. The van der Waals surface area contributed by atoms with Crippen molar-refractivity contribution in [1.82, 2.24) is 5.32 Å². The molecule has 0 spiro atoms. The van der Waals surface area contributed by atoms with Gasteiger partial charge in [0.05, 0.1) is 11.3 Å². The summed E-state index contributed by atoms with van der Waals surface area (Å²) < 4.78 is 0. The lowest BCUT2D eigenvalue weighted by molar-refractivity contribution is -0.384. The Bertz CT molecular complexity index is 572. The van der Waals surface area contributed by atoms with Gasteiger partial charge < -0.3 is 11.1 Å². The van der Waals surface area contributed by atoms with E-state index in [2.05, 4.69) is 11.9 Å².